The second kappa shape index (κ2) is 10.8. The van der Waals surface area contributed by atoms with Gasteiger partial charge in [0, 0.05) is 30.3 Å². The van der Waals surface area contributed by atoms with Gasteiger partial charge in [-0.3, -0.25) is 9.69 Å². The van der Waals surface area contributed by atoms with Crippen molar-refractivity contribution >= 4 is 5.97 Å². The number of pyridine rings is 1. The normalized spacial score (nSPS) is 21.2. The second-order valence-corrected chi connectivity index (χ2v) is 12.6. The minimum atomic E-state index is -0.750. The minimum Gasteiger partial charge on any atom is -0.485 e. The smallest absolute Gasteiger partial charge is 0.306 e. The summed E-state index contributed by atoms with van der Waals surface area (Å²) in [6.07, 6.45) is 6.10. The molecule has 0 spiro atoms. The molecule has 1 N–H and O–H groups in total. The first-order valence-corrected chi connectivity index (χ1v) is 14.7. The van der Waals surface area contributed by atoms with Crippen molar-refractivity contribution in [2.75, 3.05) is 13.7 Å². The Morgan fingerprint density at radius 1 is 1.17 bits per heavy atom. The molecule has 3 heterocycles. The third kappa shape index (κ3) is 5.44. The number of hydrogen-bond donors (Lipinski definition) is 1. The summed E-state index contributed by atoms with van der Waals surface area (Å²) in [5.74, 6) is 0.0878. The van der Waals surface area contributed by atoms with E-state index in [2.05, 4.69) is 48.0 Å². The number of methoxy groups -OCH3 is 1. The zero-order valence-corrected chi connectivity index (χ0v) is 24.3. The predicted molar refractivity (Wildman–Crippen MR) is 156 cm³/mol. The van der Waals surface area contributed by atoms with Gasteiger partial charge in [0.2, 0.25) is 5.88 Å². The van der Waals surface area contributed by atoms with Crippen LogP contribution in [0.15, 0.2) is 48.7 Å². The van der Waals surface area contributed by atoms with Crippen molar-refractivity contribution in [2.45, 2.75) is 77.0 Å². The van der Waals surface area contributed by atoms with Crippen LogP contribution in [-0.4, -0.2) is 40.2 Å². The number of halogens is 1. The number of hydrogen-bond acceptors (Lipinski definition) is 5. The lowest BCUT2D eigenvalue weighted by atomic mass is 9.82. The van der Waals surface area contributed by atoms with Crippen molar-refractivity contribution in [1.29, 1.82) is 0 Å². The highest BCUT2D eigenvalue weighted by molar-refractivity contribution is 5.71. The van der Waals surface area contributed by atoms with Gasteiger partial charge >= 0.3 is 5.97 Å². The van der Waals surface area contributed by atoms with E-state index in [0.717, 1.165) is 72.2 Å². The van der Waals surface area contributed by atoms with E-state index in [1.54, 1.807) is 6.07 Å². The monoisotopic (exact) mass is 558 g/mol. The Hall–Kier alpha value is -3.45. The summed E-state index contributed by atoms with van der Waals surface area (Å²) in [4.78, 5) is 18.3. The van der Waals surface area contributed by atoms with E-state index in [1.165, 1.54) is 13.3 Å². The van der Waals surface area contributed by atoms with Crippen LogP contribution in [0.4, 0.5) is 4.39 Å². The van der Waals surface area contributed by atoms with Gasteiger partial charge in [-0.05, 0) is 91.7 Å². The molecule has 2 aliphatic heterocycles. The number of rotatable bonds is 9. The fraction of sp³-hybridized carbons (Fsp3) is 0.471. The van der Waals surface area contributed by atoms with E-state index in [4.69, 9.17) is 9.47 Å². The summed E-state index contributed by atoms with van der Waals surface area (Å²) in [5.41, 5.74) is 5.75. The fourth-order valence-corrected chi connectivity index (χ4v) is 6.57. The molecule has 1 saturated carbocycles. The van der Waals surface area contributed by atoms with E-state index in [-0.39, 0.29) is 23.4 Å². The van der Waals surface area contributed by atoms with Crippen LogP contribution in [0, 0.1) is 17.7 Å². The first-order valence-electron chi connectivity index (χ1n) is 14.7. The average Bonchev–Trinajstić information content (AvgIpc) is 3.80. The second-order valence-electron chi connectivity index (χ2n) is 12.6. The van der Waals surface area contributed by atoms with Crippen molar-refractivity contribution in [3.8, 4) is 22.8 Å². The molecule has 3 aliphatic rings. The molecule has 2 fully saturated rings. The SMILES string of the molecule is COc1cc(-c2ccc([C@@H]3CCc4ccc([C@H](C5CC5)[C@H](C)C(=O)O)cc4O3)cc2CN2CCC2(C)C)c(F)cn1. The average molecular weight is 559 g/mol. The molecule has 0 bridgehead atoms. The molecule has 2 aromatic carbocycles. The lowest BCUT2D eigenvalue weighted by Crippen LogP contribution is -2.54. The highest BCUT2D eigenvalue weighted by Gasteiger charge is 2.39. The Morgan fingerprint density at radius 2 is 1.98 bits per heavy atom. The molecular weight excluding hydrogens is 519 g/mol. The summed E-state index contributed by atoms with van der Waals surface area (Å²) >= 11 is 0. The first-order chi connectivity index (χ1) is 19.6. The van der Waals surface area contributed by atoms with Gasteiger partial charge in [0.05, 0.1) is 19.2 Å². The van der Waals surface area contributed by atoms with E-state index in [0.29, 0.717) is 23.9 Å². The Labute approximate surface area is 241 Å². The van der Waals surface area contributed by atoms with Gasteiger partial charge in [0.25, 0.3) is 0 Å². The van der Waals surface area contributed by atoms with Gasteiger partial charge in [-0.25, -0.2) is 9.37 Å². The zero-order valence-electron chi connectivity index (χ0n) is 24.3. The molecular formula is C34H39FN2O4. The molecule has 0 unspecified atom stereocenters. The topological polar surface area (TPSA) is 71.9 Å². The van der Waals surface area contributed by atoms with Crippen LogP contribution in [0.25, 0.3) is 11.1 Å². The van der Waals surface area contributed by atoms with Crippen LogP contribution in [-0.2, 0) is 17.8 Å². The zero-order chi connectivity index (χ0) is 28.9. The molecule has 3 atom stereocenters. The Balaban J connectivity index is 1.32. The molecule has 1 saturated heterocycles. The summed E-state index contributed by atoms with van der Waals surface area (Å²) in [5, 5.41) is 9.74. The number of aryl methyl sites for hydroxylation is 1. The van der Waals surface area contributed by atoms with Crippen LogP contribution in [0.3, 0.4) is 0 Å². The quantitative estimate of drug-likeness (QED) is 0.300. The van der Waals surface area contributed by atoms with Crippen molar-refractivity contribution in [2.24, 2.45) is 11.8 Å². The number of aliphatic carboxylic acids is 1. The Bertz CT molecular complexity index is 1470. The van der Waals surface area contributed by atoms with Gasteiger partial charge in [-0.2, -0.15) is 0 Å². The van der Waals surface area contributed by atoms with E-state index in [1.807, 2.05) is 19.1 Å². The number of likely N-dealkylation sites (tertiary alicyclic amines) is 1. The summed E-state index contributed by atoms with van der Waals surface area (Å²) in [7, 11) is 1.54. The van der Waals surface area contributed by atoms with Crippen molar-refractivity contribution < 1.29 is 23.8 Å². The fourth-order valence-electron chi connectivity index (χ4n) is 6.57. The van der Waals surface area contributed by atoms with Gasteiger partial charge in [-0.1, -0.05) is 37.3 Å². The molecule has 216 valence electrons. The predicted octanol–water partition coefficient (Wildman–Crippen LogP) is 7.16. The first kappa shape index (κ1) is 27.7. The highest BCUT2D eigenvalue weighted by atomic mass is 19.1. The molecule has 6 rings (SSSR count). The van der Waals surface area contributed by atoms with Crippen LogP contribution in [0.1, 0.15) is 80.7 Å². The molecule has 1 aliphatic carbocycles. The van der Waals surface area contributed by atoms with Crippen LogP contribution < -0.4 is 9.47 Å². The lowest BCUT2D eigenvalue weighted by Gasteiger charge is -2.49. The minimum absolute atomic E-state index is 0.000191. The molecule has 7 heteroatoms. The van der Waals surface area contributed by atoms with Crippen LogP contribution >= 0.6 is 0 Å². The summed E-state index contributed by atoms with van der Waals surface area (Å²) in [6, 6.07) is 14.2. The molecule has 6 nitrogen and oxygen atoms in total. The number of nitrogens with zero attached hydrogens (tertiary/aromatic N) is 2. The van der Waals surface area contributed by atoms with E-state index in [9.17, 15) is 9.90 Å². The van der Waals surface area contributed by atoms with Crippen molar-refractivity contribution in [1.82, 2.24) is 9.88 Å². The lowest BCUT2D eigenvalue weighted by molar-refractivity contribution is -0.142. The third-order valence-corrected chi connectivity index (χ3v) is 9.52. The number of fused-ring (bicyclic) bond motifs is 1. The summed E-state index contributed by atoms with van der Waals surface area (Å²) < 4.78 is 27.0. The Kier molecular flexibility index (Phi) is 7.26. The maximum Gasteiger partial charge on any atom is 0.306 e. The van der Waals surface area contributed by atoms with Gasteiger partial charge in [0.1, 0.15) is 17.7 Å². The molecule has 0 amide bonds. The number of ether oxygens (including phenoxy) is 2. The molecule has 1 aromatic heterocycles. The highest BCUT2D eigenvalue weighted by Crippen LogP contribution is 2.48. The van der Waals surface area contributed by atoms with E-state index >= 15 is 4.39 Å². The molecule has 41 heavy (non-hydrogen) atoms. The maximum atomic E-state index is 15.1. The van der Waals surface area contributed by atoms with Gasteiger partial charge in [0.15, 0.2) is 0 Å². The maximum absolute atomic E-state index is 15.1. The molecule has 0 radical (unpaired) electrons. The number of benzene rings is 2. The van der Waals surface area contributed by atoms with Gasteiger partial charge in [-0.15, -0.1) is 0 Å². The van der Waals surface area contributed by atoms with Crippen molar-refractivity contribution in [3.63, 3.8) is 0 Å². The van der Waals surface area contributed by atoms with Crippen molar-refractivity contribution in [3.05, 3.63) is 76.7 Å². The number of carbonyl (C=O) groups is 1. The third-order valence-electron chi connectivity index (χ3n) is 9.52. The van der Waals surface area contributed by atoms with Crippen LogP contribution in [0.5, 0.6) is 11.6 Å². The number of aromatic nitrogens is 1. The Morgan fingerprint density at radius 3 is 2.63 bits per heavy atom. The molecule has 3 aromatic rings. The number of carboxylic acids is 1. The standard InChI is InChI=1S/C34H39FN2O4/c1-20(33(38)39)32(22-6-7-22)24-8-5-21-10-12-29(41-30(21)16-24)23-9-11-26(27-17-31(40-4)36-18-28(27)35)25(15-23)19-37-14-13-34(37,2)3/h5,8-9,11,15-18,20,22,29,32H,6-7,10,12-14,19H2,1-4H3,(H,38,39)/t20-,29-,32-/m0/s1. The number of carboxylic acid groups (broad SMARTS) is 1. The van der Waals surface area contributed by atoms with Crippen LogP contribution in [0.2, 0.25) is 0 Å². The summed E-state index contributed by atoms with van der Waals surface area (Å²) in [6.45, 7) is 8.03. The largest absolute Gasteiger partial charge is 0.485 e. The van der Waals surface area contributed by atoms with E-state index < -0.39 is 11.9 Å². The van der Waals surface area contributed by atoms with Gasteiger partial charge < -0.3 is 14.6 Å².